The molecule has 2 heterocycles. The molecule has 0 aliphatic carbocycles. The molecule has 0 saturated carbocycles. The van der Waals surface area contributed by atoms with Crippen LogP contribution in [0.15, 0.2) is 40.8 Å². The minimum atomic E-state index is -0.798. The zero-order valence-electron chi connectivity index (χ0n) is 14.6. The number of hydrogen-bond donors (Lipinski definition) is 1. The summed E-state index contributed by atoms with van der Waals surface area (Å²) < 4.78 is 20.7. The highest BCUT2D eigenvalue weighted by Crippen LogP contribution is 2.32. The second-order valence-corrected chi connectivity index (χ2v) is 5.63. The second-order valence-electron chi connectivity index (χ2n) is 5.63. The maximum absolute atomic E-state index is 11.9. The van der Waals surface area contributed by atoms with Crippen LogP contribution in [-0.2, 0) is 14.3 Å². The van der Waals surface area contributed by atoms with E-state index in [2.05, 4.69) is 5.32 Å². The van der Waals surface area contributed by atoms with Gasteiger partial charge in [-0.15, -0.1) is 0 Å². The predicted octanol–water partition coefficient (Wildman–Crippen LogP) is 2.54. The van der Waals surface area contributed by atoms with E-state index in [1.807, 2.05) is 0 Å². The Morgan fingerprint density at radius 2 is 1.96 bits per heavy atom. The van der Waals surface area contributed by atoms with Crippen molar-refractivity contribution >= 4 is 29.5 Å². The van der Waals surface area contributed by atoms with Gasteiger partial charge in [0, 0.05) is 24.3 Å². The molecule has 0 saturated heterocycles. The van der Waals surface area contributed by atoms with Crippen molar-refractivity contribution in [3.8, 4) is 11.5 Å². The van der Waals surface area contributed by atoms with E-state index in [1.54, 1.807) is 18.2 Å². The summed E-state index contributed by atoms with van der Waals surface area (Å²) in [5.41, 5.74) is 0.476. The number of benzene rings is 1. The first kappa shape index (κ1) is 19.0. The molecular formula is C18H16N2O8. The zero-order valence-corrected chi connectivity index (χ0v) is 14.6. The van der Waals surface area contributed by atoms with Gasteiger partial charge in [0.2, 0.25) is 0 Å². The molecule has 10 heteroatoms. The number of ether oxygens (including phenoxy) is 3. The van der Waals surface area contributed by atoms with Gasteiger partial charge in [0.05, 0.1) is 19.3 Å². The molecule has 0 atom stereocenters. The number of amides is 1. The second kappa shape index (κ2) is 8.71. The normalized spacial score (nSPS) is 13.0. The highest BCUT2D eigenvalue weighted by molar-refractivity contribution is 5.94. The number of fused-ring (bicyclic) bond motifs is 1. The third-order valence-corrected chi connectivity index (χ3v) is 3.55. The Bertz CT molecular complexity index is 918. The van der Waals surface area contributed by atoms with Crippen molar-refractivity contribution in [2.24, 2.45) is 0 Å². The summed E-state index contributed by atoms with van der Waals surface area (Å²) in [6.07, 6.45) is 2.98. The van der Waals surface area contributed by atoms with Gasteiger partial charge in [-0.2, -0.15) is 0 Å². The van der Waals surface area contributed by atoms with E-state index in [0.29, 0.717) is 30.4 Å². The molecule has 0 fully saturated rings. The Morgan fingerprint density at radius 3 is 2.71 bits per heavy atom. The lowest BCUT2D eigenvalue weighted by atomic mass is 10.2. The summed E-state index contributed by atoms with van der Waals surface area (Å²) in [5.74, 6) is -0.534. The number of anilines is 1. The molecule has 0 radical (unpaired) electrons. The molecule has 3 rings (SSSR count). The first-order valence-electron chi connectivity index (χ1n) is 8.30. The van der Waals surface area contributed by atoms with Crippen molar-refractivity contribution in [3.05, 3.63) is 52.3 Å². The standard InChI is InChI=1S/C18H16N2O8/c21-16(19-12-2-5-14-15(10-12)26-9-1-8-25-14)11-27-18(22)7-4-13-3-6-17(28-13)20(23)24/h2-7,10H,1,8-9,11H2,(H,19,21)/b7-4+. The molecular weight excluding hydrogens is 372 g/mol. The number of nitro groups is 1. The lowest BCUT2D eigenvalue weighted by Gasteiger charge is -2.10. The van der Waals surface area contributed by atoms with E-state index in [9.17, 15) is 19.7 Å². The van der Waals surface area contributed by atoms with Gasteiger partial charge in [0.1, 0.15) is 10.7 Å². The van der Waals surface area contributed by atoms with Crippen LogP contribution >= 0.6 is 0 Å². The number of nitrogens with one attached hydrogen (secondary N) is 1. The Morgan fingerprint density at radius 1 is 1.18 bits per heavy atom. The highest BCUT2D eigenvalue weighted by atomic mass is 16.6. The summed E-state index contributed by atoms with van der Waals surface area (Å²) in [7, 11) is 0. The van der Waals surface area contributed by atoms with Gasteiger partial charge >= 0.3 is 11.9 Å². The molecule has 0 unspecified atom stereocenters. The van der Waals surface area contributed by atoms with Crippen molar-refractivity contribution in [2.45, 2.75) is 6.42 Å². The van der Waals surface area contributed by atoms with E-state index in [1.165, 1.54) is 12.1 Å². The molecule has 2 aromatic rings. The average molecular weight is 388 g/mol. The van der Waals surface area contributed by atoms with Crippen LogP contribution in [0.4, 0.5) is 11.6 Å². The maximum Gasteiger partial charge on any atom is 0.433 e. The third kappa shape index (κ3) is 5.10. The van der Waals surface area contributed by atoms with Gasteiger partial charge in [0.25, 0.3) is 5.91 Å². The number of carbonyl (C=O) groups excluding carboxylic acids is 2. The van der Waals surface area contributed by atoms with Crippen molar-refractivity contribution in [2.75, 3.05) is 25.1 Å². The Kier molecular flexibility index (Phi) is 5.90. The number of nitrogens with zero attached hydrogens (tertiary/aromatic N) is 1. The van der Waals surface area contributed by atoms with Gasteiger partial charge in [-0.3, -0.25) is 14.9 Å². The van der Waals surface area contributed by atoms with Crippen LogP contribution in [0.25, 0.3) is 6.08 Å². The monoisotopic (exact) mass is 388 g/mol. The fraction of sp³-hybridized carbons (Fsp3) is 0.222. The SMILES string of the molecule is O=C(COC(=O)/C=C/c1ccc([N+](=O)[O-])o1)Nc1ccc2c(c1)OCCCO2. The van der Waals surface area contributed by atoms with Crippen LogP contribution in [0.5, 0.6) is 11.5 Å². The summed E-state index contributed by atoms with van der Waals surface area (Å²) >= 11 is 0. The highest BCUT2D eigenvalue weighted by Gasteiger charge is 2.13. The van der Waals surface area contributed by atoms with Crippen molar-refractivity contribution in [3.63, 3.8) is 0 Å². The smallest absolute Gasteiger partial charge is 0.433 e. The molecule has 1 aliphatic heterocycles. The summed E-state index contributed by atoms with van der Waals surface area (Å²) in [6, 6.07) is 7.46. The van der Waals surface area contributed by atoms with Crippen LogP contribution in [0, 0.1) is 10.1 Å². The Balaban J connectivity index is 1.48. The topological polar surface area (TPSA) is 130 Å². The predicted molar refractivity (Wildman–Crippen MR) is 96.0 cm³/mol. The minimum Gasteiger partial charge on any atom is -0.490 e. The Labute approximate surface area is 158 Å². The summed E-state index contributed by atoms with van der Waals surface area (Å²) in [5, 5.41) is 13.1. The number of rotatable bonds is 6. The lowest BCUT2D eigenvalue weighted by Crippen LogP contribution is -2.20. The molecule has 0 spiro atoms. The maximum atomic E-state index is 11.9. The van der Waals surface area contributed by atoms with Gasteiger partial charge < -0.3 is 23.9 Å². The van der Waals surface area contributed by atoms with Crippen molar-refractivity contribution in [1.82, 2.24) is 0 Å². The van der Waals surface area contributed by atoms with Gasteiger partial charge in [0.15, 0.2) is 18.1 Å². The summed E-state index contributed by atoms with van der Waals surface area (Å²) in [6.45, 7) is 0.580. The molecule has 1 aromatic carbocycles. The van der Waals surface area contributed by atoms with Gasteiger partial charge in [-0.1, -0.05) is 0 Å². The molecule has 1 N–H and O–H groups in total. The lowest BCUT2D eigenvalue weighted by molar-refractivity contribution is -0.402. The van der Waals surface area contributed by atoms with Gasteiger partial charge in [-0.25, -0.2) is 4.79 Å². The average Bonchev–Trinajstić information content (AvgIpc) is 3.03. The zero-order chi connectivity index (χ0) is 19.9. The number of carbonyl (C=O) groups is 2. The molecule has 146 valence electrons. The van der Waals surface area contributed by atoms with Crippen LogP contribution in [0.2, 0.25) is 0 Å². The third-order valence-electron chi connectivity index (χ3n) is 3.55. The van der Waals surface area contributed by atoms with Crippen LogP contribution in [0.1, 0.15) is 12.2 Å². The summed E-state index contributed by atoms with van der Waals surface area (Å²) in [4.78, 5) is 33.4. The van der Waals surface area contributed by atoms with Crippen molar-refractivity contribution in [1.29, 1.82) is 0 Å². The van der Waals surface area contributed by atoms with E-state index in [4.69, 9.17) is 18.6 Å². The largest absolute Gasteiger partial charge is 0.490 e. The first-order chi connectivity index (χ1) is 13.5. The molecule has 1 aliphatic rings. The fourth-order valence-electron chi connectivity index (χ4n) is 2.30. The van der Waals surface area contributed by atoms with E-state index >= 15 is 0 Å². The Hall–Kier alpha value is -3.82. The van der Waals surface area contributed by atoms with Crippen LogP contribution in [-0.4, -0.2) is 36.6 Å². The molecule has 1 aromatic heterocycles. The molecule has 1 amide bonds. The quantitative estimate of drug-likeness (QED) is 0.346. The van der Waals surface area contributed by atoms with Crippen LogP contribution < -0.4 is 14.8 Å². The fourth-order valence-corrected chi connectivity index (χ4v) is 2.30. The number of esters is 1. The van der Waals surface area contributed by atoms with Gasteiger partial charge in [-0.05, 0) is 24.3 Å². The molecule has 0 bridgehead atoms. The minimum absolute atomic E-state index is 0.111. The number of furan rings is 1. The van der Waals surface area contributed by atoms with Crippen LogP contribution in [0.3, 0.4) is 0 Å². The molecule has 28 heavy (non-hydrogen) atoms. The molecule has 10 nitrogen and oxygen atoms in total. The van der Waals surface area contributed by atoms with E-state index in [-0.39, 0.29) is 5.76 Å². The first-order valence-corrected chi connectivity index (χ1v) is 8.30. The van der Waals surface area contributed by atoms with E-state index in [0.717, 1.165) is 18.6 Å². The van der Waals surface area contributed by atoms with Crippen molar-refractivity contribution < 1.29 is 33.1 Å². The number of hydrogen-bond acceptors (Lipinski definition) is 8. The van der Waals surface area contributed by atoms with E-state index < -0.39 is 29.3 Å².